The molecule has 1 aromatic carbocycles. The fourth-order valence-electron chi connectivity index (χ4n) is 2.81. The number of likely N-dealkylation sites (N-methyl/N-ethyl adjacent to an activating group) is 1. The Morgan fingerprint density at radius 2 is 1.75 bits per heavy atom. The molecule has 0 aromatic heterocycles. The summed E-state index contributed by atoms with van der Waals surface area (Å²) in [6.45, 7) is 8.88. The van der Waals surface area contributed by atoms with Crippen LogP contribution in [0.4, 0.5) is 10.1 Å². The average Bonchev–Trinajstić information content (AvgIpc) is 2.78. The third-order valence-corrected chi connectivity index (χ3v) is 4.79. The summed E-state index contributed by atoms with van der Waals surface area (Å²) in [7, 11) is 1.43. The molecule has 2 aliphatic heterocycles. The van der Waals surface area contributed by atoms with Gasteiger partial charge >= 0.3 is 7.12 Å². The van der Waals surface area contributed by atoms with E-state index in [0.717, 1.165) is 24.0 Å². The Kier molecular flexibility index (Phi) is 2.93. The molecule has 0 saturated carbocycles. The summed E-state index contributed by atoms with van der Waals surface area (Å²) in [5.74, 6) is -0.188. The van der Waals surface area contributed by atoms with E-state index >= 15 is 0 Å². The molecule has 3 nitrogen and oxygen atoms in total. The average molecular weight is 277 g/mol. The standard InChI is InChI=1S/C15H21BFNO2/c1-14(2)15(3,4)20-16(19-14)11-8-10-6-7-18(5)13(10)12(17)9-11/h8-9H,6-7H2,1-5H3. The number of nitrogens with zero attached hydrogens (tertiary/aromatic N) is 1. The number of benzene rings is 1. The van der Waals surface area contributed by atoms with Crippen molar-refractivity contribution in [3.63, 3.8) is 0 Å². The Morgan fingerprint density at radius 1 is 1.15 bits per heavy atom. The summed E-state index contributed by atoms with van der Waals surface area (Å²) in [5.41, 5.74) is 1.73. The Labute approximate surface area is 120 Å². The van der Waals surface area contributed by atoms with Crippen molar-refractivity contribution in [1.82, 2.24) is 0 Å². The highest BCUT2D eigenvalue weighted by Crippen LogP contribution is 2.37. The van der Waals surface area contributed by atoms with Crippen LogP contribution in [0.5, 0.6) is 0 Å². The fourth-order valence-corrected chi connectivity index (χ4v) is 2.81. The first kappa shape index (κ1) is 13.9. The van der Waals surface area contributed by atoms with Crippen LogP contribution in [-0.2, 0) is 15.7 Å². The van der Waals surface area contributed by atoms with Crippen LogP contribution in [0.1, 0.15) is 33.3 Å². The first-order valence-electron chi connectivity index (χ1n) is 7.10. The molecule has 3 rings (SSSR count). The maximum absolute atomic E-state index is 14.3. The Bertz CT molecular complexity index is 543. The lowest BCUT2D eigenvalue weighted by Crippen LogP contribution is -2.41. The summed E-state index contributed by atoms with van der Waals surface area (Å²) in [6, 6.07) is 3.56. The molecule has 108 valence electrons. The van der Waals surface area contributed by atoms with Crippen LogP contribution < -0.4 is 10.4 Å². The van der Waals surface area contributed by atoms with E-state index in [2.05, 4.69) is 0 Å². The maximum atomic E-state index is 14.3. The number of anilines is 1. The lowest BCUT2D eigenvalue weighted by molar-refractivity contribution is 0.00578. The summed E-state index contributed by atoms with van der Waals surface area (Å²) in [5, 5.41) is 0. The first-order valence-corrected chi connectivity index (χ1v) is 7.10. The van der Waals surface area contributed by atoms with Gasteiger partial charge in [-0.05, 0) is 51.2 Å². The van der Waals surface area contributed by atoms with Crippen LogP contribution >= 0.6 is 0 Å². The number of hydrogen-bond acceptors (Lipinski definition) is 3. The number of rotatable bonds is 1. The van der Waals surface area contributed by atoms with Gasteiger partial charge in [-0.1, -0.05) is 6.07 Å². The molecule has 2 aliphatic rings. The van der Waals surface area contributed by atoms with Crippen molar-refractivity contribution >= 4 is 18.3 Å². The van der Waals surface area contributed by atoms with Crippen LogP contribution in [0.3, 0.4) is 0 Å². The van der Waals surface area contributed by atoms with Gasteiger partial charge in [0.25, 0.3) is 0 Å². The predicted octanol–water partition coefficient (Wildman–Crippen LogP) is 2.12. The molecule has 2 heterocycles. The number of fused-ring (bicyclic) bond motifs is 1. The van der Waals surface area contributed by atoms with Crippen molar-refractivity contribution in [3.05, 3.63) is 23.5 Å². The van der Waals surface area contributed by atoms with Gasteiger partial charge in [0, 0.05) is 13.6 Å². The Balaban J connectivity index is 1.96. The van der Waals surface area contributed by atoms with Crippen LogP contribution in [0.2, 0.25) is 0 Å². The molecule has 0 bridgehead atoms. The third kappa shape index (κ3) is 1.95. The molecule has 0 unspecified atom stereocenters. The number of hydrogen-bond donors (Lipinski definition) is 0. The molecule has 0 N–H and O–H groups in total. The van der Waals surface area contributed by atoms with E-state index in [1.54, 1.807) is 6.07 Å². The summed E-state index contributed by atoms with van der Waals surface area (Å²) in [4.78, 5) is 1.96. The second-order valence-corrected chi connectivity index (χ2v) is 6.77. The summed E-state index contributed by atoms with van der Waals surface area (Å²) in [6.07, 6.45) is 0.871. The SMILES string of the molecule is CN1CCc2cc(B3OC(C)(C)C(C)(C)O3)cc(F)c21. The van der Waals surface area contributed by atoms with Crippen LogP contribution in [-0.4, -0.2) is 31.9 Å². The minimum atomic E-state index is -0.495. The zero-order valence-electron chi connectivity index (χ0n) is 12.8. The van der Waals surface area contributed by atoms with Crippen LogP contribution in [0.15, 0.2) is 12.1 Å². The second kappa shape index (κ2) is 4.21. The molecule has 1 saturated heterocycles. The van der Waals surface area contributed by atoms with E-state index in [0.29, 0.717) is 5.69 Å². The van der Waals surface area contributed by atoms with Crippen molar-refractivity contribution in [2.24, 2.45) is 0 Å². The second-order valence-electron chi connectivity index (χ2n) is 6.77. The Morgan fingerprint density at radius 3 is 2.35 bits per heavy atom. The molecule has 0 aliphatic carbocycles. The van der Waals surface area contributed by atoms with Gasteiger partial charge in [-0.25, -0.2) is 4.39 Å². The van der Waals surface area contributed by atoms with Gasteiger partial charge in [0.15, 0.2) is 0 Å². The van der Waals surface area contributed by atoms with Crippen molar-refractivity contribution in [3.8, 4) is 0 Å². The van der Waals surface area contributed by atoms with Gasteiger partial charge < -0.3 is 14.2 Å². The molecule has 1 fully saturated rings. The highest BCUT2D eigenvalue weighted by atomic mass is 19.1. The normalized spacial score (nSPS) is 23.3. The van der Waals surface area contributed by atoms with Crippen molar-refractivity contribution < 1.29 is 13.7 Å². The van der Waals surface area contributed by atoms with Crippen molar-refractivity contribution in [2.75, 3.05) is 18.5 Å². The Hall–Kier alpha value is -1.07. The molecule has 1 aromatic rings. The number of halogens is 1. The minimum Gasteiger partial charge on any atom is -0.399 e. The zero-order chi connectivity index (χ0) is 14.7. The van der Waals surface area contributed by atoms with Crippen molar-refractivity contribution in [1.29, 1.82) is 0 Å². The van der Waals surface area contributed by atoms with Gasteiger partial charge in [0.1, 0.15) is 5.82 Å². The van der Waals surface area contributed by atoms with Gasteiger partial charge in [-0.3, -0.25) is 0 Å². The summed E-state index contributed by atoms with van der Waals surface area (Å²) < 4.78 is 26.3. The summed E-state index contributed by atoms with van der Waals surface area (Å²) >= 11 is 0. The highest BCUT2D eigenvalue weighted by molar-refractivity contribution is 6.62. The van der Waals surface area contributed by atoms with E-state index in [4.69, 9.17) is 9.31 Å². The van der Waals surface area contributed by atoms with E-state index in [1.165, 1.54) is 0 Å². The lowest BCUT2D eigenvalue weighted by Gasteiger charge is -2.32. The van der Waals surface area contributed by atoms with E-state index < -0.39 is 18.3 Å². The zero-order valence-corrected chi connectivity index (χ0v) is 12.8. The molecular formula is C15H21BFNO2. The van der Waals surface area contributed by atoms with Gasteiger partial charge in [-0.15, -0.1) is 0 Å². The maximum Gasteiger partial charge on any atom is 0.494 e. The lowest BCUT2D eigenvalue weighted by atomic mass is 9.78. The van der Waals surface area contributed by atoms with Crippen LogP contribution in [0, 0.1) is 5.82 Å². The third-order valence-electron chi connectivity index (χ3n) is 4.79. The molecule has 0 amide bonds. The predicted molar refractivity (Wildman–Crippen MR) is 79.1 cm³/mol. The quantitative estimate of drug-likeness (QED) is 0.734. The van der Waals surface area contributed by atoms with Crippen molar-refractivity contribution in [2.45, 2.75) is 45.3 Å². The topological polar surface area (TPSA) is 21.7 Å². The fraction of sp³-hybridized carbons (Fsp3) is 0.600. The van der Waals surface area contributed by atoms with Gasteiger partial charge in [0.05, 0.1) is 16.9 Å². The van der Waals surface area contributed by atoms with E-state index in [9.17, 15) is 4.39 Å². The van der Waals surface area contributed by atoms with Gasteiger partial charge in [-0.2, -0.15) is 0 Å². The molecular weight excluding hydrogens is 256 g/mol. The van der Waals surface area contributed by atoms with Crippen LogP contribution in [0.25, 0.3) is 0 Å². The smallest absolute Gasteiger partial charge is 0.399 e. The molecule has 0 radical (unpaired) electrons. The monoisotopic (exact) mass is 277 g/mol. The molecule has 5 heteroatoms. The largest absolute Gasteiger partial charge is 0.494 e. The van der Waals surface area contributed by atoms with E-state index in [-0.39, 0.29) is 5.82 Å². The minimum absolute atomic E-state index is 0.188. The van der Waals surface area contributed by atoms with Gasteiger partial charge in [0.2, 0.25) is 0 Å². The highest BCUT2D eigenvalue weighted by Gasteiger charge is 2.52. The molecule has 0 atom stereocenters. The molecule has 20 heavy (non-hydrogen) atoms. The first-order chi connectivity index (χ1) is 9.21. The molecule has 0 spiro atoms. The van der Waals surface area contributed by atoms with E-state index in [1.807, 2.05) is 45.7 Å².